The first-order chi connectivity index (χ1) is 10.3. The molecule has 0 aliphatic carbocycles. The molecule has 3 rings (SSSR count). The Hall–Kier alpha value is -1.36. The molecule has 5 heteroatoms. The third kappa shape index (κ3) is 3.12. The van der Waals surface area contributed by atoms with Crippen LogP contribution in [0.1, 0.15) is 32.6 Å². The van der Waals surface area contributed by atoms with Crippen molar-refractivity contribution in [2.45, 2.75) is 44.4 Å². The highest BCUT2D eigenvalue weighted by Gasteiger charge is 2.18. The number of nitrogen functional groups attached to an aromatic ring is 1. The minimum atomic E-state index is 0.601. The van der Waals surface area contributed by atoms with Gasteiger partial charge in [-0.15, -0.1) is 0 Å². The molecule has 114 valence electrons. The van der Waals surface area contributed by atoms with Crippen LogP contribution in [0.5, 0.6) is 5.75 Å². The molecule has 0 spiro atoms. The maximum absolute atomic E-state index is 6.16. The van der Waals surface area contributed by atoms with E-state index >= 15 is 0 Å². The Morgan fingerprint density at radius 2 is 2.33 bits per heavy atom. The highest BCUT2D eigenvalue weighted by Crippen LogP contribution is 2.31. The molecule has 1 saturated heterocycles. The molecule has 1 aromatic carbocycles. The maximum Gasteiger partial charge on any atom is 0.201 e. The number of benzene rings is 1. The lowest BCUT2D eigenvalue weighted by molar-refractivity contribution is 0.320. The number of nitrogens with two attached hydrogens (primary N) is 1. The fourth-order valence-corrected chi connectivity index (χ4v) is 4.11. The Morgan fingerprint density at radius 3 is 3.10 bits per heavy atom. The molecule has 0 bridgehead atoms. The maximum atomic E-state index is 6.16. The summed E-state index contributed by atoms with van der Waals surface area (Å²) in [6.07, 6.45) is 4.94. The quantitative estimate of drug-likeness (QED) is 0.915. The van der Waals surface area contributed by atoms with Gasteiger partial charge in [0.1, 0.15) is 11.3 Å². The van der Waals surface area contributed by atoms with Crippen molar-refractivity contribution in [1.29, 1.82) is 0 Å². The molecule has 1 aliphatic heterocycles. The molecule has 21 heavy (non-hydrogen) atoms. The largest absolute Gasteiger partial charge is 0.491 e. The van der Waals surface area contributed by atoms with Crippen LogP contribution in [0.25, 0.3) is 11.0 Å². The number of ether oxygens (including phenoxy) is 1. The van der Waals surface area contributed by atoms with E-state index in [1.807, 2.05) is 12.1 Å². The molecule has 4 nitrogen and oxygen atoms in total. The smallest absolute Gasteiger partial charge is 0.201 e. The van der Waals surface area contributed by atoms with Crippen molar-refractivity contribution in [3.63, 3.8) is 0 Å². The highest BCUT2D eigenvalue weighted by atomic mass is 32.2. The summed E-state index contributed by atoms with van der Waals surface area (Å²) < 4.78 is 7.94. The molecule has 2 aromatic rings. The average Bonchev–Trinajstić information content (AvgIpc) is 2.83. The third-order valence-electron chi connectivity index (χ3n) is 3.89. The summed E-state index contributed by atoms with van der Waals surface area (Å²) in [5.41, 5.74) is 8.14. The number of nitrogens with zero attached hydrogens (tertiary/aromatic N) is 2. The second-order valence-corrected chi connectivity index (χ2v) is 6.95. The summed E-state index contributed by atoms with van der Waals surface area (Å²) in [5.74, 6) is 2.71. The number of imidazole rings is 1. The van der Waals surface area contributed by atoms with Gasteiger partial charge < -0.3 is 15.0 Å². The van der Waals surface area contributed by atoms with Crippen molar-refractivity contribution in [1.82, 2.24) is 9.55 Å². The number of fused-ring (bicyclic) bond motifs is 1. The van der Waals surface area contributed by atoms with Gasteiger partial charge in [0.25, 0.3) is 0 Å². The number of hydrogen-bond acceptors (Lipinski definition) is 4. The van der Waals surface area contributed by atoms with Crippen molar-refractivity contribution < 1.29 is 4.74 Å². The molecule has 0 radical (unpaired) electrons. The van der Waals surface area contributed by atoms with Crippen LogP contribution in [0, 0.1) is 0 Å². The highest BCUT2D eigenvalue weighted by molar-refractivity contribution is 7.99. The first-order valence-corrected chi connectivity index (χ1v) is 8.83. The van der Waals surface area contributed by atoms with Crippen LogP contribution in [0.15, 0.2) is 18.2 Å². The monoisotopic (exact) mass is 305 g/mol. The minimum absolute atomic E-state index is 0.601. The van der Waals surface area contributed by atoms with Crippen molar-refractivity contribution in [3.8, 4) is 5.75 Å². The Balaban J connectivity index is 1.89. The summed E-state index contributed by atoms with van der Waals surface area (Å²) in [6.45, 7) is 3.77. The van der Waals surface area contributed by atoms with Gasteiger partial charge in [-0.05, 0) is 37.1 Å². The van der Waals surface area contributed by atoms with E-state index < -0.39 is 0 Å². The fourth-order valence-electron chi connectivity index (χ4n) is 2.81. The zero-order valence-electron chi connectivity index (χ0n) is 12.5. The molecule has 0 amide bonds. The van der Waals surface area contributed by atoms with E-state index in [0.29, 0.717) is 17.8 Å². The van der Waals surface area contributed by atoms with Crippen molar-refractivity contribution in [2.24, 2.45) is 0 Å². The third-order valence-corrected chi connectivity index (χ3v) is 5.27. The predicted molar refractivity (Wildman–Crippen MR) is 90.0 cm³/mol. The lowest BCUT2D eigenvalue weighted by Gasteiger charge is -2.22. The SMILES string of the molecule is CCCOc1cccc2c1nc(N)n2CC1CCCCS1. The second-order valence-electron chi connectivity index (χ2n) is 5.54. The van der Waals surface area contributed by atoms with E-state index in [1.54, 1.807) is 0 Å². The van der Waals surface area contributed by atoms with E-state index in [4.69, 9.17) is 10.5 Å². The van der Waals surface area contributed by atoms with Crippen LogP contribution >= 0.6 is 11.8 Å². The van der Waals surface area contributed by atoms with Crippen LogP contribution in [0.4, 0.5) is 5.95 Å². The van der Waals surface area contributed by atoms with Crippen molar-refractivity contribution in [3.05, 3.63) is 18.2 Å². The summed E-state index contributed by atoms with van der Waals surface area (Å²) in [6, 6.07) is 6.09. The van der Waals surface area contributed by atoms with Gasteiger partial charge in [0.2, 0.25) is 5.95 Å². The number of aromatic nitrogens is 2. The van der Waals surface area contributed by atoms with Gasteiger partial charge in [0.05, 0.1) is 12.1 Å². The normalized spacial score (nSPS) is 19.0. The van der Waals surface area contributed by atoms with E-state index in [0.717, 1.165) is 29.7 Å². The van der Waals surface area contributed by atoms with Crippen LogP contribution < -0.4 is 10.5 Å². The summed E-state index contributed by atoms with van der Waals surface area (Å²) >= 11 is 2.06. The van der Waals surface area contributed by atoms with E-state index in [2.05, 4.69) is 34.3 Å². The number of hydrogen-bond donors (Lipinski definition) is 1. The van der Waals surface area contributed by atoms with Crippen molar-refractivity contribution >= 4 is 28.7 Å². The fraction of sp³-hybridized carbons (Fsp3) is 0.562. The number of anilines is 1. The molecule has 0 saturated carbocycles. The first kappa shape index (κ1) is 14.6. The Kier molecular flexibility index (Phi) is 4.58. The molecule has 1 unspecified atom stereocenters. The zero-order chi connectivity index (χ0) is 14.7. The van der Waals surface area contributed by atoms with Gasteiger partial charge in [-0.1, -0.05) is 19.4 Å². The summed E-state index contributed by atoms with van der Waals surface area (Å²) in [4.78, 5) is 4.54. The minimum Gasteiger partial charge on any atom is -0.491 e. The Labute approximate surface area is 130 Å². The molecular weight excluding hydrogens is 282 g/mol. The van der Waals surface area contributed by atoms with Crippen LogP contribution in [-0.4, -0.2) is 27.2 Å². The van der Waals surface area contributed by atoms with Gasteiger partial charge in [-0.3, -0.25) is 0 Å². The zero-order valence-corrected chi connectivity index (χ0v) is 13.4. The lowest BCUT2D eigenvalue weighted by Crippen LogP contribution is -2.18. The van der Waals surface area contributed by atoms with Gasteiger partial charge in [-0.2, -0.15) is 11.8 Å². The van der Waals surface area contributed by atoms with Crippen LogP contribution in [0.2, 0.25) is 0 Å². The second kappa shape index (κ2) is 6.60. The molecular formula is C16H23N3OS. The van der Waals surface area contributed by atoms with E-state index in [1.165, 1.54) is 25.0 Å². The number of rotatable bonds is 5. The predicted octanol–water partition coefficient (Wildman–Crippen LogP) is 3.69. The van der Waals surface area contributed by atoms with Gasteiger partial charge in [-0.25, -0.2) is 4.98 Å². The molecule has 1 fully saturated rings. The van der Waals surface area contributed by atoms with E-state index in [9.17, 15) is 0 Å². The number of thioether (sulfide) groups is 1. The van der Waals surface area contributed by atoms with Crippen molar-refractivity contribution in [2.75, 3.05) is 18.1 Å². The summed E-state index contributed by atoms with van der Waals surface area (Å²) in [7, 11) is 0. The van der Waals surface area contributed by atoms with Gasteiger partial charge in [0.15, 0.2) is 0 Å². The first-order valence-electron chi connectivity index (χ1n) is 7.78. The molecule has 1 atom stereocenters. The standard InChI is InChI=1S/C16H23N3OS/c1-2-9-20-14-8-5-7-13-15(14)18-16(17)19(13)11-12-6-3-4-10-21-12/h5,7-8,12H,2-4,6,9-11H2,1H3,(H2,17,18). The van der Waals surface area contributed by atoms with Crippen LogP contribution in [-0.2, 0) is 6.54 Å². The molecule has 2 heterocycles. The van der Waals surface area contributed by atoms with Crippen LogP contribution in [0.3, 0.4) is 0 Å². The molecule has 2 N–H and O–H groups in total. The van der Waals surface area contributed by atoms with E-state index in [-0.39, 0.29) is 0 Å². The number of para-hydroxylation sites is 1. The Morgan fingerprint density at radius 1 is 1.43 bits per heavy atom. The van der Waals surface area contributed by atoms with Gasteiger partial charge >= 0.3 is 0 Å². The average molecular weight is 305 g/mol. The Bertz CT molecular complexity index is 605. The molecule has 1 aromatic heterocycles. The summed E-state index contributed by atoms with van der Waals surface area (Å²) in [5, 5.41) is 0.652. The van der Waals surface area contributed by atoms with Gasteiger partial charge in [0, 0.05) is 11.8 Å². The molecule has 1 aliphatic rings. The topological polar surface area (TPSA) is 53.1 Å². The lowest BCUT2D eigenvalue weighted by atomic mass is 10.2.